The number of rotatable bonds is 3. The van der Waals surface area contributed by atoms with Crippen molar-refractivity contribution in [1.82, 2.24) is 10.3 Å². The van der Waals surface area contributed by atoms with E-state index in [9.17, 15) is 4.79 Å². The lowest BCUT2D eigenvalue weighted by Gasteiger charge is -2.38. The van der Waals surface area contributed by atoms with Gasteiger partial charge in [0.25, 0.3) is 5.91 Å². The van der Waals surface area contributed by atoms with E-state index in [-0.39, 0.29) is 12.1 Å². The molecule has 2 heterocycles. The molecule has 0 aromatic heterocycles. The second kappa shape index (κ2) is 8.35. The first-order valence-electron chi connectivity index (χ1n) is 10.8. The van der Waals surface area contributed by atoms with Crippen LogP contribution in [0.2, 0.25) is 0 Å². The number of nitrogens with zero attached hydrogens (tertiary/aromatic N) is 3. The second-order valence-electron chi connectivity index (χ2n) is 8.47. The fraction of sp³-hybridized carbons (Fsp3) is 0.320. The normalized spacial score (nSPS) is 22.6. The minimum atomic E-state index is -0.157. The number of hydrogen-bond donors (Lipinski definition) is 1. The minimum absolute atomic E-state index is 0.101. The zero-order valence-corrected chi connectivity index (χ0v) is 18.7. The Kier molecular flexibility index (Phi) is 5.40. The Morgan fingerprint density at radius 1 is 1.13 bits per heavy atom. The van der Waals surface area contributed by atoms with Crippen LogP contribution in [-0.2, 0) is 10.5 Å². The number of fused-ring (bicyclic) bond motifs is 2. The Bertz CT molecular complexity index is 1200. The predicted molar refractivity (Wildman–Crippen MR) is 125 cm³/mol. The average molecular weight is 431 g/mol. The SMILES string of the molecule is CC1=CC[C@H]([C@H]2N=c3ccccc3=C3C(=O)NC(SCc4ccc(C)cc4)=NN32)CC1. The van der Waals surface area contributed by atoms with Gasteiger partial charge in [-0.3, -0.25) is 15.1 Å². The summed E-state index contributed by atoms with van der Waals surface area (Å²) >= 11 is 1.56. The standard InChI is InChI=1S/C25H26N4OS/c1-16-7-11-18(12-8-16)15-31-25-27-24(30)22-20-5-3-4-6-21(20)26-23(29(22)28-25)19-13-9-17(2)10-14-19/h3-9,11-12,19,23H,10,13-15H2,1-2H3,(H,27,28,30)/t19-,23-/m0/s1. The molecule has 0 saturated carbocycles. The van der Waals surface area contributed by atoms with Crippen LogP contribution in [0.4, 0.5) is 0 Å². The number of amidine groups is 1. The first-order chi connectivity index (χ1) is 15.1. The smallest absolute Gasteiger partial charge is 0.276 e. The molecule has 0 radical (unpaired) electrons. The highest BCUT2D eigenvalue weighted by molar-refractivity contribution is 8.13. The molecule has 1 amide bonds. The van der Waals surface area contributed by atoms with Crippen molar-refractivity contribution < 1.29 is 4.79 Å². The molecule has 0 saturated heterocycles. The van der Waals surface area contributed by atoms with Crippen LogP contribution < -0.4 is 15.9 Å². The van der Waals surface area contributed by atoms with E-state index in [1.807, 2.05) is 29.3 Å². The van der Waals surface area contributed by atoms with Crippen molar-refractivity contribution in [3.8, 4) is 0 Å². The van der Waals surface area contributed by atoms with Gasteiger partial charge in [-0.15, -0.1) is 5.10 Å². The van der Waals surface area contributed by atoms with E-state index in [0.717, 1.165) is 35.6 Å². The number of para-hydroxylation sites is 1. The Hall–Kier alpha value is -2.86. The second-order valence-corrected chi connectivity index (χ2v) is 9.44. The van der Waals surface area contributed by atoms with Crippen LogP contribution in [0.25, 0.3) is 5.70 Å². The largest absolute Gasteiger partial charge is 0.298 e. The van der Waals surface area contributed by atoms with Gasteiger partial charge in [-0.1, -0.05) is 71.4 Å². The van der Waals surface area contributed by atoms with Crippen LogP contribution in [0.15, 0.2) is 70.3 Å². The number of hydrazone groups is 1. The third-order valence-corrected chi connectivity index (χ3v) is 7.08. The topological polar surface area (TPSA) is 57.1 Å². The summed E-state index contributed by atoms with van der Waals surface area (Å²) < 4.78 is 0. The summed E-state index contributed by atoms with van der Waals surface area (Å²) in [7, 11) is 0. The van der Waals surface area contributed by atoms with Gasteiger partial charge in [0.05, 0.1) is 5.36 Å². The molecule has 3 aliphatic rings. The summed E-state index contributed by atoms with van der Waals surface area (Å²) in [6, 6.07) is 16.3. The van der Waals surface area contributed by atoms with Gasteiger partial charge in [-0.2, -0.15) is 0 Å². The molecule has 0 bridgehead atoms. The average Bonchev–Trinajstić information content (AvgIpc) is 2.78. The van der Waals surface area contributed by atoms with Crippen LogP contribution in [0.1, 0.15) is 37.3 Å². The minimum Gasteiger partial charge on any atom is -0.298 e. The number of allylic oxidation sites excluding steroid dienone is 2. The number of carbonyl (C=O) groups excluding carboxylic acids is 1. The fourth-order valence-electron chi connectivity index (χ4n) is 4.32. The molecule has 2 aromatic carbocycles. The molecular formula is C25H26N4OS. The number of benzene rings is 2. The first kappa shape index (κ1) is 20.1. The molecule has 6 heteroatoms. The van der Waals surface area contributed by atoms with E-state index < -0.39 is 0 Å². The number of carbonyl (C=O) groups is 1. The van der Waals surface area contributed by atoms with Crippen molar-refractivity contribution >= 4 is 28.5 Å². The maximum absolute atomic E-state index is 13.2. The summed E-state index contributed by atoms with van der Waals surface area (Å²) in [5.74, 6) is 0.994. The molecule has 5 rings (SSSR count). The monoisotopic (exact) mass is 430 g/mol. The lowest BCUT2D eigenvalue weighted by atomic mass is 9.87. The maximum atomic E-state index is 13.2. The van der Waals surface area contributed by atoms with Crippen LogP contribution in [-0.4, -0.2) is 22.2 Å². The van der Waals surface area contributed by atoms with Gasteiger partial charge in [-0.05, 0) is 44.7 Å². The Balaban J connectivity index is 1.49. The number of nitrogens with one attached hydrogen (secondary N) is 1. The first-order valence-corrected chi connectivity index (χ1v) is 11.8. The summed E-state index contributed by atoms with van der Waals surface area (Å²) in [6.45, 7) is 4.27. The highest BCUT2D eigenvalue weighted by Gasteiger charge is 2.37. The van der Waals surface area contributed by atoms with E-state index >= 15 is 0 Å². The van der Waals surface area contributed by atoms with Crippen molar-refractivity contribution in [2.45, 2.75) is 45.0 Å². The van der Waals surface area contributed by atoms with Gasteiger partial charge < -0.3 is 0 Å². The molecule has 0 spiro atoms. The molecule has 1 N–H and O–H groups in total. The number of aryl methyl sites for hydroxylation is 1. The van der Waals surface area contributed by atoms with Crippen LogP contribution in [0, 0.1) is 12.8 Å². The van der Waals surface area contributed by atoms with E-state index in [4.69, 9.17) is 10.1 Å². The molecule has 2 aromatic rings. The van der Waals surface area contributed by atoms with Crippen molar-refractivity contribution in [3.05, 3.63) is 81.9 Å². The van der Waals surface area contributed by atoms with E-state index in [1.165, 1.54) is 16.7 Å². The number of amides is 1. The van der Waals surface area contributed by atoms with E-state index in [1.54, 1.807) is 11.8 Å². The van der Waals surface area contributed by atoms with Crippen LogP contribution in [0.3, 0.4) is 0 Å². The zero-order chi connectivity index (χ0) is 21.4. The van der Waals surface area contributed by atoms with Crippen molar-refractivity contribution in [1.29, 1.82) is 0 Å². The maximum Gasteiger partial charge on any atom is 0.276 e. The van der Waals surface area contributed by atoms with E-state index in [2.05, 4.69) is 49.5 Å². The molecule has 0 fully saturated rings. The molecule has 2 aliphatic heterocycles. The third kappa shape index (κ3) is 4.04. The number of thioether (sulfide) groups is 1. The molecular weight excluding hydrogens is 404 g/mol. The van der Waals surface area contributed by atoms with Gasteiger partial charge >= 0.3 is 0 Å². The van der Waals surface area contributed by atoms with Gasteiger partial charge in [0.2, 0.25) is 0 Å². The van der Waals surface area contributed by atoms with E-state index in [0.29, 0.717) is 16.8 Å². The van der Waals surface area contributed by atoms with Gasteiger partial charge in [0.15, 0.2) is 5.17 Å². The van der Waals surface area contributed by atoms with Crippen molar-refractivity contribution in [2.24, 2.45) is 16.0 Å². The molecule has 1 aliphatic carbocycles. The number of hydrogen-bond acceptors (Lipinski definition) is 5. The molecule has 2 atom stereocenters. The Morgan fingerprint density at radius 2 is 1.94 bits per heavy atom. The highest BCUT2D eigenvalue weighted by atomic mass is 32.2. The Morgan fingerprint density at radius 3 is 2.71 bits per heavy atom. The summed E-state index contributed by atoms with van der Waals surface area (Å²) in [6.07, 6.45) is 5.26. The molecule has 5 nitrogen and oxygen atoms in total. The Labute approximate surface area is 186 Å². The zero-order valence-electron chi connectivity index (χ0n) is 17.8. The fourth-order valence-corrected chi connectivity index (χ4v) is 5.12. The quantitative estimate of drug-likeness (QED) is 0.759. The molecule has 31 heavy (non-hydrogen) atoms. The highest BCUT2D eigenvalue weighted by Crippen LogP contribution is 2.33. The van der Waals surface area contributed by atoms with Crippen LogP contribution in [0.5, 0.6) is 0 Å². The van der Waals surface area contributed by atoms with Crippen molar-refractivity contribution in [2.75, 3.05) is 0 Å². The summed E-state index contributed by atoms with van der Waals surface area (Å²) in [5, 5.41) is 12.2. The summed E-state index contributed by atoms with van der Waals surface area (Å²) in [5.41, 5.74) is 4.50. The van der Waals surface area contributed by atoms with Crippen LogP contribution >= 0.6 is 11.8 Å². The van der Waals surface area contributed by atoms with Gasteiger partial charge in [0, 0.05) is 16.9 Å². The predicted octanol–water partition coefficient (Wildman–Crippen LogP) is 3.45. The molecule has 0 unspecified atom stereocenters. The third-order valence-electron chi connectivity index (χ3n) is 6.14. The summed E-state index contributed by atoms with van der Waals surface area (Å²) in [4.78, 5) is 18.3. The lowest BCUT2D eigenvalue weighted by molar-refractivity contribution is -0.116. The lowest BCUT2D eigenvalue weighted by Crippen LogP contribution is -2.54. The van der Waals surface area contributed by atoms with Crippen molar-refractivity contribution in [3.63, 3.8) is 0 Å². The van der Waals surface area contributed by atoms with Gasteiger partial charge in [-0.25, -0.2) is 5.01 Å². The van der Waals surface area contributed by atoms with Gasteiger partial charge in [0.1, 0.15) is 11.9 Å². The molecule has 158 valence electrons.